The zero-order chi connectivity index (χ0) is 11.6. The third kappa shape index (κ3) is 2.55. The highest BCUT2D eigenvalue weighted by Gasteiger charge is 2.22. The van der Waals surface area contributed by atoms with Crippen molar-refractivity contribution in [2.45, 2.75) is 0 Å². The Balaban J connectivity index is 0.00000225. The first-order chi connectivity index (χ1) is 6.95. The van der Waals surface area contributed by atoms with Gasteiger partial charge in [0.05, 0.1) is 16.7 Å². The third-order valence-corrected chi connectivity index (χ3v) is 1.74. The maximum atomic E-state index is 10.7. The van der Waals surface area contributed by atoms with Gasteiger partial charge in [0.25, 0.3) is 0 Å². The van der Waals surface area contributed by atoms with Gasteiger partial charge in [0.15, 0.2) is 0 Å². The highest BCUT2D eigenvalue weighted by molar-refractivity contribution is 6.92. The summed E-state index contributed by atoms with van der Waals surface area (Å²) in [5.41, 5.74) is -1.79. The average molecular weight is 244 g/mol. The van der Waals surface area contributed by atoms with Crippen molar-refractivity contribution in [2.75, 3.05) is 0 Å². The molecule has 1 unspecified atom stereocenters. The molecule has 1 aromatic carbocycles. The largest absolute Gasteiger partial charge is 0.478 e. The van der Waals surface area contributed by atoms with E-state index in [1.165, 1.54) is 6.07 Å². The van der Waals surface area contributed by atoms with Crippen LogP contribution in [0.5, 0.6) is 0 Å². The lowest BCUT2D eigenvalue weighted by Crippen LogP contribution is -2.14. The van der Waals surface area contributed by atoms with E-state index in [4.69, 9.17) is 15.3 Å². The molecule has 0 aliphatic carbocycles. The van der Waals surface area contributed by atoms with Crippen LogP contribution >= 0.6 is 9.90 Å². The van der Waals surface area contributed by atoms with Crippen molar-refractivity contribution in [3.05, 3.63) is 34.9 Å². The summed E-state index contributed by atoms with van der Waals surface area (Å²) in [6.07, 6.45) is 0. The number of hydrogen-bond acceptors (Lipinski definition) is 3. The van der Waals surface area contributed by atoms with Crippen LogP contribution in [-0.4, -0.2) is 33.2 Å². The number of rotatable bonds is 3. The van der Waals surface area contributed by atoms with E-state index in [9.17, 15) is 14.4 Å². The van der Waals surface area contributed by atoms with Gasteiger partial charge in [-0.1, -0.05) is 6.07 Å². The van der Waals surface area contributed by atoms with Gasteiger partial charge in [0.1, 0.15) is 0 Å². The first-order valence-corrected chi connectivity index (χ1v) is 3.78. The standard InChI is InChI=1S/C9H6O6.H3P/c10-7(11)4-2-1-3-5(8(12)13)6(4)9(14)15;/h1-3H,(H,10,11)(H,12,13)(H,14,15);1H3. The first kappa shape index (κ1) is 14.1. The summed E-state index contributed by atoms with van der Waals surface area (Å²) in [6.45, 7) is 0. The minimum absolute atomic E-state index is 0. The number of hydrogen-bond donors (Lipinski definition) is 3. The van der Waals surface area contributed by atoms with Crippen LogP contribution in [0.25, 0.3) is 0 Å². The van der Waals surface area contributed by atoms with Gasteiger partial charge < -0.3 is 15.3 Å². The van der Waals surface area contributed by atoms with Crippen LogP contribution in [-0.2, 0) is 0 Å². The van der Waals surface area contributed by atoms with Crippen LogP contribution in [0.3, 0.4) is 0 Å². The van der Waals surface area contributed by atoms with E-state index in [0.29, 0.717) is 0 Å². The van der Waals surface area contributed by atoms with Crippen molar-refractivity contribution in [1.82, 2.24) is 0 Å². The predicted molar refractivity (Wildman–Crippen MR) is 58.4 cm³/mol. The smallest absolute Gasteiger partial charge is 0.337 e. The Labute approximate surface area is 93.1 Å². The second-order valence-corrected chi connectivity index (χ2v) is 2.64. The monoisotopic (exact) mass is 244 g/mol. The lowest BCUT2D eigenvalue weighted by Gasteiger charge is -2.04. The Morgan fingerprint density at radius 1 is 0.812 bits per heavy atom. The van der Waals surface area contributed by atoms with Gasteiger partial charge in [0.2, 0.25) is 0 Å². The molecule has 0 aliphatic heterocycles. The molecule has 0 amide bonds. The summed E-state index contributed by atoms with van der Waals surface area (Å²) in [7, 11) is 0. The molecule has 0 aliphatic rings. The Morgan fingerprint density at radius 3 is 1.44 bits per heavy atom. The zero-order valence-corrected chi connectivity index (χ0v) is 9.42. The van der Waals surface area contributed by atoms with Crippen LogP contribution in [0.15, 0.2) is 18.2 Å². The van der Waals surface area contributed by atoms with E-state index >= 15 is 0 Å². The lowest BCUT2D eigenvalue weighted by molar-refractivity contribution is 0.0633. The zero-order valence-electron chi connectivity index (χ0n) is 8.01. The van der Waals surface area contributed by atoms with Gasteiger partial charge in [-0.25, -0.2) is 14.4 Å². The quantitative estimate of drug-likeness (QED) is 0.679. The van der Waals surface area contributed by atoms with E-state index in [-0.39, 0.29) is 9.90 Å². The summed E-state index contributed by atoms with van der Waals surface area (Å²) in [5, 5.41) is 26.0. The van der Waals surface area contributed by atoms with E-state index in [2.05, 4.69) is 0 Å². The van der Waals surface area contributed by atoms with Gasteiger partial charge in [0, 0.05) is 0 Å². The molecule has 86 valence electrons. The summed E-state index contributed by atoms with van der Waals surface area (Å²) in [6, 6.07) is 3.26. The SMILES string of the molecule is O=C(O)c1cccc(C(=O)O)c1C(=O)O.P. The lowest BCUT2D eigenvalue weighted by atomic mass is 10.0. The average Bonchev–Trinajstić information content (AvgIpc) is 2.16. The molecule has 7 heteroatoms. The molecule has 0 heterocycles. The number of benzene rings is 1. The number of carboxylic acids is 3. The van der Waals surface area contributed by atoms with Crippen molar-refractivity contribution < 1.29 is 29.7 Å². The van der Waals surface area contributed by atoms with Crippen LogP contribution in [0.2, 0.25) is 0 Å². The van der Waals surface area contributed by atoms with E-state index in [1.807, 2.05) is 0 Å². The minimum Gasteiger partial charge on any atom is -0.478 e. The van der Waals surface area contributed by atoms with Crippen LogP contribution in [0, 0.1) is 0 Å². The highest BCUT2D eigenvalue weighted by Crippen LogP contribution is 2.15. The predicted octanol–water partition coefficient (Wildman–Crippen LogP) is 0.839. The highest BCUT2D eigenvalue weighted by atomic mass is 31.0. The maximum absolute atomic E-state index is 10.7. The molecule has 0 spiro atoms. The van der Waals surface area contributed by atoms with Crippen molar-refractivity contribution in [1.29, 1.82) is 0 Å². The topological polar surface area (TPSA) is 112 Å². The maximum Gasteiger partial charge on any atom is 0.337 e. The molecular formula is C9H9O6P. The van der Waals surface area contributed by atoms with Gasteiger partial charge >= 0.3 is 17.9 Å². The molecule has 0 radical (unpaired) electrons. The molecule has 0 aromatic heterocycles. The van der Waals surface area contributed by atoms with E-state index in [0.717, 1.165) is 12.1 Å². The third-order valence-electron chi connectivity index (χ3n) is 1.74. The fourth-order valence-corrected chi connectivity index (χ4v) is 1.14. The fourth-order valence-electron chi connectivity index (χ4n) is 1.14. The molecular weight excluding hydrogens is 235 g/mol. The van der Waals surface area contributed by atoms with E-state index in [1.54, 1.807) is 0 Å². The normalized spacial score (nSPS) is 9.00. The number of aromatic carboxylic acids is 3. The Kier molecular flexibility index (Phi) is 4.59. The summed E-state index contributed by atoms with van der Waals surface area (Å²) in [4.78, 5) is 32.0. The second kappa shape index (κ2) is 5.23. The molecule has 0 saturated heterocycles. The van der Waals surface area contributed by atoms with Gasteiger partial charge in [-0.15, -0.1) is 0 Å². The summed E-state index contributed by atoms with van der Waals surface area (Å²) >= 11 is 0. The molecule has 0 saturated carbocycles. The number of carboxylic acid groups (broad SMARTS) is 3. The first-order valence-electron chi connectivity index (χ1n) is 3.78. The molecule has 6 nitrogen and oxygen atoms in total. The molecule has 1 atom stereocenters. The van der Waals surface area contributed by atoms with Crippen LogP contribution < -0.4 is 0 Å². The van der Waals surface area contributed by atoms with Crippen LogP contribution in [0.1, 0.15) is 31.1 Å². The van der Waals surface area contributed by atoms with Crippen molar-refractivity contribution in [3.63, 3.8) is 0 Å². The van der Waals surface area contributed by atoms with E-state index < -0.39 is 34.6 Å². The molecule has 0 fully saturated rings. The van der Waals surface area contributed by atoms with Gasteiger partial charge in [-0.3, -0.25) is 0 Å². The van der Waals surface area contributed by atoms with Crippen molar-refractivity contribution in [2.24, 2.45) is 0 Å². The molecule has 16 heavy (non-hydrogen) atoms. The van der Waals surface area contributed by atoms with Crippen molar-refractivity contribution >= 4 is 27.8 Å². The van der Waals surface area contributed by atoms with Crippen molar-refractivity contribution in [3.8, 4) is 0 Å². The summed E-state index contributed by atoms with van der Waals surface area (Å²) < 4.78 is 0. The minimum atomic E-state index is -1.58. The van der Waals surface area contributed by atoms with Gasteiger partial charge in [-0.2, -0.15) is 9.90 Å². The molecule has 1 rings (SSSR count). The second-order valence-electron chi connectivity index (χ2n) is 2.64. The Hall–Kier alpha value is -1.94. The Morgan fingerprint density at radius 2 is 1.19 bits per heavy atom. The number of carbonyl (C=O) groups is 3. The van der Waals surface area contributed by atoms with Crippen LogP contribution in [0.4, 0.5) is 0 Å². The van der Waals surface area contributed by atoms with Gasteiger partial charge in [-0.05, 0) is 12.1 Å². The fraction of sp³-hybridized carbons (Fsp3) is 0. The molecule has 3 N–H and O–H groups in total. The summed E-state index contributed by atoms with van der Waals surface area (Å²) in [5.74, 6) is -4.53. The molecule has 1 aromatic rings. The Bertz CT molecular complexity index is 421. The molecule has 0 bridgehead atoms.